The number of hydrogen-bond donors (Lipinski definition) is 1. The molecule has 5 atom stereocenters. The quantitative estimate of drug-likeness (QED) is 0.345. The molecule has 37 heavy (non-hydrogen) atoms. The molecule has 0 radical (unpaired) electrons. The molecule has 3 aliphatic rings. The molecule has 4 nitrogen and oxygen atoms in total. The van der Waals surface area contributed by atoms with Gasteiger partial charge in [0.15, 0.2) is 0 Å². The van der Waals surface area contributed by atoms with Crippen molar-refractivity contribution in [2.75, 3.05) is 5.32 Å². The van der Waals surface area contributed by atoms with Gasteiger partial charge < -0.3 is 5.32 Å². The molecule has 2 bridgehead atoms. The Morgan fingerprint density at radius 1 is 1.08 bits per heavy atom. The highest BCUT2D eigenvalue weighted by Crippen LogP contribution is 2.64. The maximum Gasteiger partial charge on any atom is 0.418 e. The van der Waals surface area contributed by atoms with Gasteiger partial charge in [-0.05, 0) is 60.8 Å². The summed E-state index contributed by atoms with van der Waals surface area (Å²) in [6.45, 7) is -0.370. The number of carbonyl (C=O) groups excluding carboxylic acids is 1. The second-order valence-electron chi connectivity index (χ2n) is 9.83. The van der Waals surface area contributed by atoms with Gasteiger partial charge in [-0.25, -0.2) is 0 Å². The first-order valence-corrected chi connectivity index (χ1v) is 14.4. The first-order chi connectivity index (χ1) is 17.6. The third-order valence-electron chi connectivity index (χ3n) is 7.82. The highest BCUT2D eigenvalue weighted by Gasteiger charge is 2.55. The van der Waals surface area contributed by atoms with Crippen LogP contribution in [-0.4, -0.2) is 15.7 Å². The fourth-order valence-corrected chi connectivity index (χ4v) is 9.94. The van der Waals surface area contributed by atoms with E-state index in [1.807, 2.05) is 12.1 Å². The van der Waals surface area contributed by atoms with Gasteiger partial charge in [0, 0.05) is 16.0 Å². The standard InChI is InChI=1S/C26H21Cl2F3N2O2S2/c27-16-6-3-4-14(21(16)28)20-19-12-8-9-13(10-12)22(19)36-24-23(20)37-25(35)33(24)11-18(34)32-17-7-2-1-5-15(17)26(29,30)31/h1-7,12-13,19-20,22H,8-11H2,(H,32,34)/t12?,13?,19?,20-,22?/m0/s1. The van der Waals surface area contributed by atoms with Crippen molar-refractivity contribution < 1.29 is 18.0 Å². The van der Waals surface area contributed by atoms with Crippen molar-refractivity contribution in [2.24, 2.45) is 17.8 Å². The SMILES string of the molecule is O=C(Cn1c2c(sc1=O)[C@@H](c1cccc(Cl)c1Cl)C1C3CCC(C3)C1S2)Nc1ccccc1C(F)(F)F. The summed E-state index contributed by atoms with van der Waals surface area (Å²) in [6.07, 6.45) is -1.20. The Balaban J connectivity index is 1.38. The maximum absolute atomic E-state index is 13.4. The number of aromatic nitrogens is 1. The van der Waals surface area contributed by atoms with Crippen LogP contribution in [0.1, 0.15) is 41.2 Å². The van der Waals surface area contributed by atoms with Crippen LogP contribution in [-0.2, 0) is 17.5 Å². The molecule has 2 heterocycles. The Morgan fingerprint density at radius 2 is 1.84 bits per heavy atom. The summed E-state index contributed by atoms with van der Waals surface area (Å²) in [5.41, 5.74) is -0.380. The Hall–Kier alpha value is -1.94. The normalized spacial score (nSPS) is 26.1. The topological polar surface area (TPSA) is 51.1 Å². The number of nitrogens with zero attached hydrogens (tertiary/aromatic N) is 1. The Bertz CT molecular complexity index is 1450. The minimum absolute atomic E-state index is 0.115. The molecule has 11 heteroatoms. The number of hydrogen-bond acceptors (Lipinski definition) is 4. The van der Waals surface area contributed by atoms with E-state index < -0.39 is 17.6 Å². The predicted octanol–water partition coefficient (Wildman–Crippen LogP) is 7.53. The van der Waals surface area contributed by atoms with Gasteiger partial charge in [0.25, 0.3) is 0 Å². The lowest BCUT2D eigenvalue weighted by Crippen LogP contribution is -2.35. The van der Waals surface area contributed by atoms with E-state index in [9.17, 15) is 22.8 Å². The molecule has 2 aromatic carbocycles. The number of thioether (sulfide) groups is 1. The molecule has 4 unspecified atom stereocenters. The summed E-state index contributed by atoms with van der Waals surface area (Å²) < 4.78 is 41.6. The highest BCUT2D eigenvalue weighted by molar-refractivity contribution is 8.00. The predicted molar refractivity (Wildman–Crippen MR) is 141 cm³/mol. The number of para-hydroxylation sites is 1. The van der Waals surface area contributed by atoms with Crippen molar-refractivity contribution in [2.45, 2.75) is 48.2 Å². The number of nitrogens with one attached hydrogen (secondary N) is 1. The van der Waals surface area contributed by atoms with E-state index in [1.165, 1.54) is 22.8 Å². The van der Waals surface area contributed by atoms with Gasteiger partial charge in [-0.2, -0.15) is 13.2 Å². The zero-order valence-electron chi connectivity index (χ0n) is 19.2. The molecule has 1 N–H and O–H groups in total. The molecule has 2 saturated carbocycles. The fourth-order valence-electron chi connectivity index (χ4n) is 6.37. The highest BCUT2D eigenvalue weighted by atomic mass is 35.5. The molecule has 194 valence electrons. The molecular weight excluding hydrogens is 564 g/mol. The number of amides is 1. The summed E-state index contributed by atoms with van der Waals surface area (Å²) in [6, 6.07) is 10.4. The van der Waals surface area contributed by atoms with Crippen molar-refractivity contribution >= 4 is 57.9 Å². The lowest BCUT2D eigenvalue weighted by atomic mass is 9.75. The van der Waals surface area contributed by atoms with Gasteiger partial charge in [-0.1, -0.05) is 58.8 Å². The van der Waals surface area contributed by atoms with E-state index >= 15 is 0 Å². The Kier molecular flexibility index (Phi) is 6.41. The van der Waals surface area contributed by atoms with Gasteiger partial charge in [0.1, 0.15) is 6.54 Å². The number of fused-ring (bicyclic) bond motifs is 6. The third kappa shape index (κ3) is 4.32. The fraction of sp³-hybridized carbons (Fsp3) is 0.385. The number of halogens is 5. The Morgan fingerprint density at radius 3 is 2.62 bits per heavy atom. The number of rotatable bonds is 4. The average Bonchev–Trinajstić information content (AvgIpc) is 3.54. The molecular formula is C26H21Cl2F3N2O2S2. The number of alkyl halides is 3. The summed E-state index contributed by atoms with van der Waals surface area (Å²) in [7, 11) is 0. The molecule has 0 saturated heterocycles. The van der Waals surface area contributed by atoms with E-state index in [2.05, 4.69) is 5.32 Å². The number of thiazole rings is 1. The molecule has 3 aromatic rings. The van der Waals surface area contributed by atoms with Gasteiger partial charge >= 0.3 is 11.0 Å². The van der Waals surface area contributed by atoms with Gasteiger partial charge in [0.2, 0.25) is 5.91 Å². The van der Waals surface area contributed by atoms with E-state index in [4.69, 9.17) is 23.2 Å². The molecule has 1 aromatic heterocycles. The molecule has 2 fully saturated rings. The molecule has 0 spiro atoms. The second-order valence-corrected chi connectivity index (χ2v) is 12.8. The van der Waals surface area contributed by atoms with Crippen LogP contribution >= 0.6 is 46.3 Å². The van der Waals surface area contributed by atoms with E-state index in [0.29, 0.717) is 32.8 Å². The lowest BCUT2D eigenvalue weighted by Gasteiger charge is -2.40. The van der Waals surface area contributed by atoms with E-state index in [1.54, 1.807) is 17.8 Å². The first kappa shape index (κ1) is 25.3. The largest absolute Gasteiger partial charge is 0.418 e. The maximum atomic E-state index is 13.4. The number of carbonyl (C=O) groups is 1. The lowest BCUT2D eigenvalue weighted by molar-refractivity contribution is -0.137. The van der Waals surface area contributed by atoms with Crippen molar-refractivity contribution in [3.05, 3.63) is 78.2 Å². The van der Waals surface area contributed by atoms with Crippen LogP contribution < -0.4 is 10.2 Å². The van der Waals surface area contributed by atoms with Crippen LogP contribution in [0.25, 0.3) is 0 Å². The van der Waals surface area contributed by atoms with Crippen LogP contribution in [0.5, 0.6) is 0 Å². The van der Waals surface area contributed by atoms with E-state index in [0.717, 1.165) is 47.1 Å². The van der Waals surface area contributed by atoms with Crippen molar-refractivity contribution in [3.8, 4) is 0 Å². The van der Waals surface area contributed by atoms with Crippen LogP contribution in [0.15, 0.2) is 52.3 Å². The minimum atomic E-state index is -4.61. The van der Waals surface area contributed by atoms with Gasteiger partial charge in [0.05, 0.1) is 26.3 Å². The smallest absolute Gasteiger partial charge is 0.324 e. The first-order valence-electron chi connectivity index (χ1n) is 11.9. The molecule has 1 amide bonds. The Labute approximate surface area is 229 Å². The minimum Gasteiger partial charge on any atom is -0.324 e. The zero-order valence-corrected chi connectivity index (χ0v) is 22.4. The summed E-state index contributed by atoms with van der Waals surface area (Å²) in [4.78, 5) is 26.7. The zero-order chi connectivity index (χ0) is 26.1. The van der Waals surface area contributed by atoms with Crippen LogP contribution in [0, 0.1) is 17.8 Å². The van der Waals surface area contributed by atoms with Gasteiger partial charge in [-0.15, -0.1) is 11.8 Å². The van der Waals surface area contributed by atoms with Crippen molar-refractivity contribution in [1.29, 1.82) is 0 Å². The average molecular weight is 586 g/mol. The second kappa shape index (κ2) is 9.36. The number of benzene rings is 2. The van der Waals surface area contributed by atoms with Crippen molar-refractivity contribution in [1.82, 2.24) is 4.57 Å². The molecule has 2 aliphatic carbocycles. The summed E-state index contributed by atoms with van der Waals surface area (Å²) in [5.74, 6) is 0.558. The van der Waals surface area contributed by atoms with Gasteiger partial charge in [-0.3, -0.25) is 14.2 Å². The molecule has 6 rings (SSSR count). The monoisotopic (exact) mass is 584 g/mol. The van der Waals surface area contributed by atoms with Crippen LogP contribution in [0.3, 0.4) is 0 Å². The number of anilines is 1. The summed E-state index contributed by atoms with van der Waals surface area (Å²) >= 11 is 15.8. The van der Waals surface area contributed by atoms with Crippen LogP contribution in [0.2, 0.25) is 10.0 Å². The summed E-state index contributed by atoms with van der Waals surface area (Å²) in [5, 5.41) is 4.28. The van der Waals surface area contributed by atoms with Crippen LogP contribution in [0.4, 0.5) is 18.9 Å². The van der Waals surface area contributed by atoms with Crippen molar-refractivity contribution in [3.63, 3.8) is 0 Å². The van der Waals surface area contributed by atoms with E-state index in [-0.39, 0.29) is 28.3 Å². The molecule has 1 aliphatic heterocycles. The third-order valence-corrected chi connectivity index (χ3v) is 11.5.